The van der Waals surface area contributed by atoms with E-state index in [2.05, 4.69) is 9.97 Å². The lowest BCUT2D eigenvalue weighted by Crippen LogP contribution is -2.47. The number of fused-ring (bicyclic) bond motifs is 1. The fourth-order valence-corrected chi connectivity index (χ4v) is 6.23. The highest BCUT2D eigenvalue weighted by atomic mass is 32.2. The van der Waals surface area contributed by atoms with Crippen LogP contribution in [0.3, 0.4) is 0 Å². The number of hydrogen-bond donors (Lipinski definition) is 1. The molecule has 0 atom stereocenters. The van der Waals surface area contributed by atoms with Crippen LogP contribution in [0, 0.1) is 0 Å². The predicted octanol–water partition coefficient (Wildman–Crippen LogP) is 3.81. The normalized spacial score (nSPS) is 15.6. The lowest BCUT2D eigenvalue weighted by atomic mass is 9.86. The van der Waals surface area contributed by atoms with E-state index >= 15 is 0 Å². The van der Waals surface area contributed by atoms with Crippen molar-refractivity contribution in [1.82, 2.24) is 14.9 Å². The lowest BCUT2D eigenvalue weighted by molar-refractivity contribution is -0.0168. The molecule has 0 saturated carbocycles. The first kappa shape index (κ1) is 24.1. The standard InChI is InChI=1S/C28H27N3O4S/c32-27(31-17-13-28(33,14-18-31)19-24-7-1-2-15-29-24)23-11-9-21(10-12-23)20-36(34,35)25-8-3-5-22-6-4-16-30-26(22)25/h1-12,15-16,33H,13-14,17-20H2. The molecule has 2 aromatic carbocycles. The molecule has 1 aliphatic heterocycles. The predicted molar refractivity (Wildman–Crippen MR) is 137 cm³/mol. The number of carbonyl (C=O) groups excluding carboxylic acids is 1. The molecule has 1 fully saturated rings. The molecule has 0 unspecified atom stereocenters. The number of nitrogens with zero attached hydrogens (tertiary/aromatic N) is 3. The summed E-state index contributed by atoms with van der Waals surface area (Å²) in [5.74, 6) is -0.302. The van der Waals surface area contributed by atoms with Crippen LogP contribution in [0.5, 0.6) is 0 Å². The van der Waals surface area contributed by atoms with Crippen molar-refractivity contribution >= 4 is 26.6 Å². The number of benzene rings is 2. The van der Waals surface area contributed by atoms with Crippen molar-refractivity contribution in [2.24, 2.45) is 0 Å². The number of amides is 1. The summed E-state index contributed by atoms with van der Waals surface area (Å²) in [6.45, 7) is 0.902. The maximum Gasteiger partial charge on any atom is 0.253 e. The largest absolute Gasteiger partial charge is 0.389 e. The number of aliphatic hydroxyl groups is 1. The summed E-state index contributed by atoms with van der Waals surface area (Å²) >= 11 is 0. The Morgan fingerprint density at radius 3 is 2.33 bits per heavy atom. The SMILES string of the molecule is O=C(c1ccc(CS(=O)(=O)c2cccc3cccnc23)cc1)N1CCC(O)(Cc2ccccn2)CC1. The van der Waals surface area contributed by atoms with Gasteiger partial charge in [-0.05, 0) is 54.8 Å². The molecule has 8 heteroatoms. The fourth-order valence-electron chi connectivity index (χ4n) is 4.69. The third-order valence-corrected chi connectivity index (χ3v) is 8.42. The highest BCUT2D eigenvalue weighted by Crippen LogP contribution is 2.27. The van der Waals surface area contributed by atoms with Crippen LogP contribution < -0.4 is 0 Å². The molecule has 0 spiro atoms. The molecular formula is C28H27N3O4S. The van der Waals surface area contributed by atoms with Gasteiger partial charge in [0.15, 0.2) is 9.84 Å². The Balaban J connectivity index is 1.24. The maximum absolute atomic E-state index is 13.1. The number of aromatic nitrogens is 2. The minimum absolute atomic E-state index is 0.123. The van der Waals surface area contributed by atoms with Crippen LogP contribution in [0.25, 0.3) is 10.9 Å². The Morgan fingerprint density at radius 2 is 1.61 bits per heavy atom. The van der Waals surface area contributed by atoms with Gasteiger partial charge in [0.25, 0.3) is 5.91 Å². The second-order valence-electron chi connectivity index (χ2n) is 9.30. The average Bonchev–Trinajstić information content (AvgIpc) is 2.89. The third-order valence-electron chi connectivity index (χ3n) is 6.71. The Kier molecular flexibility index (Phi) is 6.55. The maximum atomic E-state index is 13.1. The first-order valence-corrected chi connectivity index (χ1v) is 13.6. The molecule has 1 saturated heterocycles. The highest BCUT2D eigenvalue weighted by Gasteiger charge is 2.34. The van der Waals surface area contributed by atoms with Gasteiger partial charge in [0, 0.05) is 48.5 Å². The van der Waals surface area contributed by atoms with E-state index in [1.54, 1.807) is 59.8 Å². The van der Waals surface area contributed by atoms with Gasteiger partial charge < -0.3 is 10.0 Å². The molecule has 7 nitrogen and oxygen atoms in total. The fraction of sp³-hybridized carbons (Fsp3) is 0.250. The molecule has 0 radical (unpaired) electrons. The van der Waals surface area contributed by atoms with Gasteiger partial charge in [0.2, 0.25) is 0 Å². The van der Waals surface area contributed by atoms with E-state index in [4.69, 9.17) is 0 Å². The Hall–Kier alpha value is -3.62. The molecule has 5 rings (SSSR count). The van der Waals surface area contributed by atoms with Crippen LogP contribution in [0.2, 0.25) is 0 Å². The second kappa shape index (κ2) is 9.79. The van der Waals surface area contributed by atoms with Crippen molar-refractivity contribution in [3.63, 3.8) is 0 Å². The number of hydrogen-bond acceptors (Lipinski definition) is 6. The van der Waals surface area contributed by atoms with Crippen molar-refractivity contribution in [3.8, 4) is 0 Å². The minimum Gasteiger partial charge on any atom is -0.389 e. The van der Waals surface area contributed by atoms with E-state index in [0.717, 1.165) is 11.1 Å². The summed E-state index contributed by atoms with van der Waals surface area (Å²) < 4.78 is 26.3. The first-order chi connectivity index (χ1) is 17.3. The van der Waals surface area contributed by atoms with Crippen LogP contribution in [0.1, 0.15) is 34.5 Å². The molecule has 2 aromatic heterocycles. The monoisotopic (exact) mass is 501 g/mol. The van der Waals surface area contributed by atoms with Gasteiger partial charge in [0.1, 0.15) is 0 Å². The summed E-state index contributed by atoms with van der Waals surface area (Å²) in [5.41, 5.74) is 1.52. The van der Waals surface area contributed by atoms with Crippen molar-refractivity contribution < 1.29 is 18.3 Å². The summed E-state index contributed by atoms with van der Waals surface area (Å²) in [4.78, 5) is 23.5. The van der Waals surface area contributed by atoms with Crippen LogP contribution in [-0.2, 0) is 22.0 Å². The number of carbonyl (C=O) groups is 1. The second-order valence-corrected chi connectivity index (χ2v) is 11.3. The van der Waals surface area contributed by atoms with Crippen molar-refractivity contribution in [3.05, 3.63) is 102 Å². The zero-order chi connectivity index (χ0) is 25.2. The molecule has 1 amide bonds. The molecular weight excluding hydrogens is 474 g/mol. The molecule has 36 heavy (non-hydrogen) atoms. The Morgan fingerprint density at radius 1 is 0.889 bits per heavy atom. The molecule has 1 aliphatic rings. The highest BCUT2D eigenvalue weighted by molar-refractivity contribution is 7.90. The number of rotatable bonds is 6. The average molecular weight is 502 g/mol. The molecule has 3 heterocycles. The smallest absolute Gasteiger partial charge is 0.253 e. The minimum atomic E-state index is -3.62. The molecule has 1 N–H and O–H groups in total. The topological polar surface area (TPSA) is 100 Å². The zero-order valence-corrected chi connectivity index (χ0v) is 20.6. The number of piperidine rings is 1. The third kappa shape index (κ3) is 5.15. The summed E-state index contributed by atoms with van der Waals surface area (Å²) in [5, 5.41) is 11.7. The molecule has 184 valence electrons. The van der Waals surface area contributed by atoms with E-state index in [1.807, 2.05) is 30.3 Å². The van der Waals surface area contributed by atoms with Gasteiger partial charge in [-0.2, -0.15) is 0 Å². The number of sulfone groups is 1. The lowest BCUT2D eigenvalue weighted by Gasteiger charge is -2.38. The van der Waals surface area contributed by atoms with Gasteiger partial charge in [0.05, 0.1) is 21.8 Å². The van der Waals surface area contributed by atoms with Crippen LogP contribution in [0.4, 0.5) is 0 Å². The summed E-state index contributed by atoms with van der Waals surface area (Å²) in [7, 11) is -3.62. The van der Waals surface area contributed by atoms with Crippen molar-refractivity contribution in [2.45, 2.75) is 35.5 Å². The number of likely N-dealkylation sites (tertiary alicyclic amines) is 1. The summed E-state index contributed by atoms with van der Waals surface area (Å²) in [6, 6.07) is 21.1. The van der Waals surface area contributed by atoms with Crippen LogP contribution in [-0.4, -0.2) is 53.0 Å². The first-order valence-electron chi connectivity index (χ1n) is 11.9. The van der Waals surface area contributed by atoms with Gasteiger partial charge in [-0.25, -0.2) is 8.42 Å². The van der Waals surface area contributed by atoms with Gasteiger partial charge >= 0.3 is 0 Å². The Bertz CT molecular complexity index is 1480. The molecule has 0 bridgehead atoms. The van der Waals surface area contributed by atoms with E-state index in [0.29, 0.717) is 49.0 Å². The van der Waals surface area contributed by atoms with Gasteiger partial charge in [-0.3, -0.25) is 14.8 Å². The van der Waals surface area contributed by atoms with Crippen LogP contribution in [0.15, 0.2) is 90.1 Å². The molecule has 0 aliphatic carbocycles. The van der Waals surface area contributed by atoms with Gasteiger partial charge in [-0.15, -0.1) is 0 Å². The van der Waals surface area contributed by atoms with E-state index in [9.17, 15) is 18.3 Å². The zero-order valence-electron chi connectivity index (χ0n) is 19.7. The van der Waals surface area contributed by atoms with Crippen LogP contribution >= 0.6 is 0 Å². The van der Waals surface area contributed by atoms with Gasteiger partial charge in [-0.1, -0.05) is 36.4 Å². The number of pyridine rings is 2. The van der Waals surface area contributed by atoms with E-state index in [1.165, 1.54) is 0 Å². The quantitative estimate of drug-likeness (QED) is 0.431. The Labute approximate surface area is 210 Å². The number of para-hydroxylation sites is 1. The summed E-state index contributed by atoms with van der Waals surface area (Å²) in [6.07, 6.45) is 4.72. The molecule has 4 aromatic rings. The van der Waals surface area contributed by atoms with E-state index in [-0.39, 0.29) is 16.6 Å². The van der Waals surface area contributed by atoms with E-state index < -0.39 is 15.4 Å². The van der Waals surface area contributed by atoms with Crippen molar-refractivity contribution in [2.75, 3.05) is 13.1 Å². The van der Waals surface area contributed by atoms with Crippen molar-refractivity contribution in [1.29, 1.82) is 0 Å².